The molecule has 3 rings (SSSR count). The van der Waals surface area contributed by atoms with Crippen LogP contribution < -0.4 is 14.4 Å². The summed E-state index contributed by atoms with van der Waals surface area (Å²) in [5, 5.41) is 10.3. The minimum absolute atomic E-state index is 0.288. The number of ether oxygens (including phenoxy) is 3. The number of nitrogens with zero attached hydrogens (tertiary/aromatic N) is 4. The van der Waals surface area contributed by atoms with Crippen LogP contribution in [0.1, 0.15) is 5.56 Å². The Labute approximate surface area is 165 Å². The van der Waals surface area contributed by atoms with Gasteiger partial charge in [-0.05, 0) is 23.8 Å². The van der Waals surface area contributed by atoms with Crippen LogP contribution in [0.2, 0.25) is 0 Å². The minimum Gasteiger partial charge on any atom is -0.493 e. The fraction of sp³-hybridized carbons (Fsp3) is 0.500. The van der Waals surface area contributed by atoms with Gasteiger partial charge >= 0.3 is 0 Å². The molecular weight excluding hydrogens is 360 g/mol. The highest BCUT2D eigenvalue weighted by molar-refractivity contribution is 5.42. The first-order valence-corrected chi connectivity index (χ1v) is 9.40. The zero-order valence-corrected chi connectivity index (χ0v) is 16.5. The second-order valence-corrected chi connectivity index (χ2v) is 6.69. The molecule has 2 aromatic rings. The van der Waals surface area contributed by atoms with Gasteiger partial charge in [0.25, 0.3) is 0 Å². The molecule has 1 unspecified atom stereocenters. The highest BCUT2D eigenvalue weighted by atomic mass is 16.5. The molecule has 0 saturated carbocycles. The monoisotopic (exact) mass is 388 g/mol. The quantitative estimate of drug-likeness (QED) is 0.686. The Morgan fingerprint density at radius 2 is 1.75 bits per heavy atom. The van der Waals surface area contributed by atoms with E-state index in [-0.39, 0.29) is 6.61 Å². The molecule has 1 saturated heterocycles. The van der Waals surface area contributed by atoms with Gasteiger partial charge in [0.05, 0.1) is 33.5 Å². The molecule has 1 aliphatic rings. The second kappa shape index (κ2) is 10.2. The Morgan fingerprint density at radius 1 is 1.04 bits per heavy atom. The standard InChI is InChI=1S/C20H28N4O4/c1-26-18-5-4-16(12-19(18)27-2)14-28-15-17(25)13-23-8-10-24(11-9-23)20-21-6-3-7-22-20/h3-7,12,17,25H,8-11,13-15H2,1-2H3. The van der Waals surface area contributed by atoms with Crippen molar-refractivity contribution in [3.63, 3.8) is 0 Å². The number of hydrogen-bond donors (Lipinski definition) is 1. The molecule has 1 fully saturated rings. The van der Waals surface area contributed by atoms with E-state index in [1.807, 2.05) is 24.3 Å². The molecule has 1 aromatic heterocycles. The van der Waals surface area contributed by atoms with Crippen LogP contribution in [-0.2, 0) is 11.3 Å². The summed E-state index contributed by atoms with van der Waals surface area (Å²) in [5.74, 6) is 2.12. The van der Waals surface area contributed by atoms with Crippen molar-refractivity contribution in [2.45, 2.75) is 12.7 Å². The predicted octanol–water partition coefficient (Wildman–Crippen LogP) is 1.19. The molecule has 0 aliphatic carbocycles. The fourth-order valence-corrected chi connectivity index (χ4v) is 3.22. The zero-order valence-electron chi connectivity index (χ0n) is 16.5. The average Bonchev–Trinajstić information content (AvgIpc) is 2.74. The van der Waals surface area contributed by atoms with Crippen LogP contribution >= 0.6 is 0 Å². The summed E-state index contributed by atoms with van der Waals surface area (Å²) in [6.45, 7) is 4.73. The van der Waals surface area contributed by atoms with Gasteiger partial charge in [0.1, 0.15) is 0 Å². The summed E-state index contributed by atoms with van der Waals surface area (Å²) in [6, 6.07) is 7.48. The SMILES string of the molecule is COc1ccc(COCC(O)CN2CCN(c3ncccn3)CC2)cc1OC. The third-order valence-electron chi connectivity index (χ3n) is 4.70. The number of aliphatic hydroxyl groups is 1. The fourth-order valence-electron chi connectivity index (χ4n) is 3.22. The lowest BCUT2D eigenvalue weighted by Crippen LogP contribution is -2.49. The topological polar surface area (TPSA) is 80.2 Å². The van der Waals surface area contributed by atoms with E-state index in [0.717, 1.165) is 37.7 Å². The lowest BCUT2D eigenvalue weighted by Gasteiger charge is -2.35. The van der Waals surface area contributed by atoms with Crippen molar-refractivity contribution in [2.75, 3.05) is 58.5 Å². The maximum Gasteiger partial charge on any atom is 0.225 e. The maximum atomic E-state index is 10.3. The van der Waals surface area contributed by atoms with Gasteiger partial charge < -0.3 is 24.2 Å². The molecule has 0 amide bonds. The van der Waals surface area contributed by atoms with E-state index in [4.69, 9.17) is 14.2 Å². The van der Waals surface area contributed by atoms with Gasteiger partial charge in [-0.2, -0.15) is 0 Å². The number of hydrogen-bond acceptors (Lipinski definition) is 8. The molecule has 0 bridgehead atoms. The van der Waals surface area contributed by atoms with Crippen LogP contribution in [0.15, 0.2) is 36.7 Å². The molecule has 2 heterocycles. The summed E-state index contributed by atoms with van der Waals surface area (Å²) >= 11 is 0. The molecule has 1 aliphatic heterocycles. The summed E-state index contributed by atoms with van der Waals surface area (Å²) in [5.41, 5.74) is 0.973. The molecule has 1 aromatic carbocycles. The molecular formula is C20H28N4O4. The zero-order chi connectivity index (χ0) is 19.8. The number of anilines is 1. The van der Waals surface area contributed by atoms with E-state index in [0.29, 0.717) is 24.7 Å². The number of methoxy groups -OCH3 is 2. The molecule has 8 nitrogen and oxygen atoms in total. The highest BCUT2D eigenvalue weighted by Gasteiger charge is 2.20. The molecule has 0 spiro atoms. The van der Waals surface area contributed by atoms with Gasteiger partial charge in [0.2, 0.25) is 5.95 Å². The molecule has 1 atom stereocenters. The van der Waals surface area contributed by atoms with Crippen LogP contribution in [0.5, 0.6) is 11.5 Å². The average molecular weight is 388 g/mol. The summed E-state index contributed by atoms with van der Waals surface area (Å²) in [4.78, 5) is 13.0. The number of piperazine rings is 1. The molecule has 28 heavy (non-hydrogen) atoms. The van der Waals surface area contributed by atoms with Gasteiger partial charge in [-0.15, -0.1) is 0 Å². The van der Waals surface area contributed by atoms with E-state index in [2.05, 4.69) is 19.8 Å². The molecule has 152 valence electrons. The summed E-state index contributed by atoms with van der Waals surface area (Å²) < 4.78 is 16.2. The van der Waals surface area contributed by atoms with Crippen LogP contribution in [0.25, 0.3) is 0 Å². The first-order chi connectivity index (χ1) is 13.7. The largest absolute Gasteiger partial charge is 0.493 e. The second-order valence-electron chi connectivity index (χ2n) is 6.69. The number of β-amino-alcohol motifs (C(OH)–C–C–N with tert-alkyl or cyclic N) is 1. The summed E-state index contributed by atoms with van der Waals surface area (Å²) in [7, 11) is 3.22. The Morgan fingerprint density at radius 3 is 2.43 bits per heavy atom. The highest BCUT2D eigenvalue weighted by Crippen LogP contribution is 2.27. The van der Waals surface area contributed by atoms with E-state index >= 15 is 0 Å². The first kappa shape index (κ1) is 20.3. The maximum absolute atomic E-state index is 10.3. The number of rotatable bonds is 9. The number of aliphatic hydroxyl groups excluding tert-OH is 1. The van der Waals surface area contributed by atoms with Gasteiger partial charge in [-0.25, -0.2) is 9.97 Å². The van der Waals surface area contributed by atoms with E-state index in [9.17, 15) is 5.11 Å². The number of aromatic nitrogens is 2. The van der Waals surface area contributed by atoms with Crippen molar-refractivity contribution in [2.24, 2.45) is 0 Å². The number of benzene rings is 1. The Balaban J connectivity index is 1.38. The Bertz CT molecular complexity index is 723. The van der Waals surface area contributed by atoms with Crippen LogP contribution in [0.3, 0.4) is 0 Å². The van der Waals surface area contributed by atoms with Crippen molar-refractivity contribution in [3.05, 3.63) is 42.2 Å². The molecule has 1 N–H and O–H groups in total. The third-order valence-corrected chi connectivity index (χ3v) is 4.70. The van der Waals surface area contributed by atoms with Gasteiger partial charge in [-0.1, -0.05) is 6.07 Å². The van der Waals surface area contributed by atoms with Crippen LogP contribution in [0, 0.1) is 0 Å². The smallest absolute Gasteiger partial charge is 0.225 e. The predicted molar refractivity (Wildman–Crippen MR) is 106 cm³/mol. The van der Waals surface area contributed by atoms with Gasteiger partial charge in [0.15, 0.2) is 11.5 Å². The lowest BCUT2D eigenvalue weighted by atomic mass is 10.2. The van der Waals surface area contributed by atoms with Crippen molar-refractivity contribution in [1.29, 1.82) is 0 Å². The van der Waals surface area contributed by atoms with Crippen molar-refractivity contribution >= 4 is 5.95 Å². The van der Waals surface area contributed by atoms with E-state index in [1.165, 1.54) is 0 Å². The normalized spacial score (nSPS) is 16.0. The molecule has 8 heteroatoms. The van der Waals surface area contributed by atoms with E-state index in [1.54, 1.807) is 26.6 Å². The van der Waals surface area contributed by atoms with Crippen LogP contribution in [-0.4, -0.2) is 79.6 Å². The van der Waals surface area contributed by atoms with Crippen molar-refractivity contribution < 1.29 is 19.3 Å². The van der Waals surface area contributed by atoms with Gasteiger partial charge in [-0.3, -0.25) is 4.90 Å². The van der Waals surface area contributed by atoms with Crippen LogP contribution in [0.4, 0.5) is 5.95 Å². The lowest BCUT2D eigenvalue weighted by molar-refractivity contribution is 0.00905. The van der Waals surface area contributed by atoms with E-state index < -0.39 is 6.10 Å². The first-order valence-electron chi connectivity index (χ1n) is 9.40. The Kier molecular flexibility index (Phi) is 7.41. The Hall–Kier alpha value is -2.42. The third kappa shape index (κ3) is 5.54. The summed E-state index contributed by atoms with van der Waals surface area (Å²) in [6.07, 6.45) is 2.99. The van der Waals surface area contributed by atoms with Crippen molar-refractivity contribution in [1.82, 2.24) is 14.9 Å². The molecule has 0 radical (unpaired) electrons. The van der Waals surface area contributed by atoms with Gasteiger partial charge in [0, 0.05) is 45.1 Å². The van der Waals surface area contributed by atoms with Crippen molar-refractivity contribution in [3.8, 4) is 11.5 Å². The minimum atomic E-state index is -0.528.